The van der Waals surface area contributed by atoms with E-state index in [1.807, 2.05) is 6.07 Å². The Labute approximate surface area is 187 Å². The maximum absolute atomic E-state index is 12.7. The van der Waals surface area contributed by atoms with E-state index in [1.165, 1.54) is 14.0 Å². The molecule has 0 aliphatic rings. The van der Waals surface area contributed by atoms with Crippen LogP contribution >= 0.6 is 0 Å². The Hall–Kier alpha value is -3.14. The summed E-state index contributed by atoms with van der Waals surface area (Å²) in [5, 5.41) is 2.47. The molecular formula is C22H31NO9. The monoisotopic (exact) mass is 453 g/mol. The predicted molar refractivity (Wildman–Crippen MR) is 113 cm³/mol. The fraction of sp³-hybridized carbons (Fsp3) is 0.545. The lowest BCUT2D eigenvalue weighted by atomic mass is 10.1. The van der Waals surface area contributed by atoms with Gasteiger partial charge >= 0.3 is 24.0 Å². The number of carbonyl (C=O) groups is 4. The Morgan fingerprint density at radius 2 is 1.62 bits per heavy atom. The van der Waals surface area contributed by atoms with Gasteiger partial charge in [0.1, 0.15) is 18.2 Å². The number of amides is 1. The summed E-state index contributed by atoms with van der Waals surface area (Å²) in [6.07, 6.45) is -2.00. The van der Waals surface area contributed by atoms with Gasteiger partial charge in [0.2, 0.25) is 0 Å². The van der Waals surface area contributed by atoms with Gasteiger partial charge in [0.25, 0.3) is 0 Å². The van der Waals surface area contributed by atoms with E-state index in [4.69, 9.17) is 23.7 Å². The third kappa shape index (κ3) is 11.3. The molecule has 0 aliphatic carbocycles. The topological polar surface area (TPSA) is 126 Å². The van der Waals surface area contributed by atoms with Crippen LogP contribution in [0.15, 0.2) is 30.3 Å². The van der Waals surface area contributed by atoms with Crippen molar-refractivity contribution >= 4 is 24.0 Å². The van der Waals surface area contributed by atoms with Crippen molar-refractivity contribution in [3.8, 4) is 0 Å². The fourth-order valence-corrected chi connectivity index (χ4v) is 2.33. The van der Waals surface area contributed by atoms with E-state index in [2.05, 4.69) is 5.32 Å². The van der Waals surface area contributed by atoms with Crippen LogP contribution < -0.4 is 5.32 Å². The van der Waals surface area contributed by atoms with Crippen molar-refractivity contribution in [2.75, 3.05) is 26.9 Å². The quantitative estimate of drug-likeness (QED) is 0.303. The van der Waals surface area contributed by atoms with Gasteiger partial charge in [-0.1, -0.05) is 30.3 Å². The molecule has 1 rings (SSSR count). The zero-order valence-electron chi connectivity index (χ0n) is 19.0. The van der Waals surface area contributed by atoms with Crippen LogP contribution in [0, 0.1) is 0 Å². The van der Waals surface area contributed by atoms with Crippen molar-refractivity contribution in [1.82, 2.24) is 5.32 Å². The van der Waals surface area contributed by atoms with Gasteiger partial charge in [0.15, 0.2) is 12.7 Å². The van der Waals surface area contributed by atoms with E-state index in [0.29, 0.717) is 0 Å². The zero-order chi connectivity index (χ0) is 24.1. The van der Waals surface area contributed by atoms with Gasteiger partial charge in [0, 0.05) is 13.5 Å². The molecule has 2 unspecified atom stereocenters. The van der Waals surface area contributed by atoms with E-state index < -0.39 is 48.4 Å². The average Bonchev–Trinajstić information content (AvgIpc) is 2.71. The molecule has 10 nitrogen and oxygen atoms in total. The van der Waals surface area contributed by atoms with Crippen molar-refractivity contribution in [2.24, 2.45) is 0 Å². The highest BCUT2D eigenvalue weighted by molar-refractivity contribution is 5.85. The van der Waals surface area contributed by atoms with E-state index in [-0.39, 0.29) is 19.6 Å². The predicted octanol–water partition coefficient (Wildman–Crippen LogP) is 1.79. The summed E-state index contributed by atoms with van der Waals surface area (Å²) in [5.41, 5.74) is -0.000181. The zero-order valence-corrected chi connectivity index (χ0v) is 19.0. The number of rotatable bonds is 11. The molecular weight excluding hydrogens is 422 g/mol. The van der Waals surface area contributed by atoms with Gasteiger partial charge in [-0.05, 0) is 33.3 Å². The third-order valence-electron chi connectivity index (χ3n) is 3.77. The smallest absolute Gasteiger partial charge is 0.408 e. The molecule has 0 spiro atoms. The summed E-state index contributed by atoms with van der Waals surface area (Å²) in [6.45, 7) is 5.97. The first-order chi connectivity index (χ1) is 15.0. The molecule has 0 aromatic heterocycles. The van der Waals surface area contributed by atoms with Crippen LogP contribution in [0.3, 0.4) is 0 Å². The van der Waals surface area contributed by atoms with E-state index in [1.54, 1.807) is 45.0 Å². The molecule has 0 saturated heterocycles. The number of hydrogen-bond donors (Lipinski definition) is 1. The standard InChI is InChI=1S/C22H31NO9/c1-15(19(25)30-14-18(24)29-12-11-28-5)31-20(26)17(13-16-9-7-6-8-10-16)23-21(27)32-22(2,3)4/h6-10,15,17H,11-14H2,1-5H3,(H,23,27). The molecule has 32 heavy (non-hydrogen) atoms. The van der Waals surface area contributed by atoms with Crippen LogP contribution in [-0.4, -0.2) is 68.7 Å². The lowest BCUT2D eigenvalue weighted by molar-refractivity contribution is -0.172. The van der Waals surface area contributed by atoms with Crippen LogP contribution in [0.5, 0.6) is 0 Å². The number of benzene rings is 1. The summed E-state index contributed by atoms with van der Waals surface area (Å²) >= 11 is 0. The average molecular weight is 453 g/mol. The molecule has 0 aliphatic heterocycles. The van der Waals surface area contributed by atoms with Gasteiger partial charge in [-0.25, -0.2) is 19.2 Å². The van der Waals surface area contributed by atoms with Crippen LogP contribution in [0.4, 0.5) is 4.79 Å². The first-order valence-corrected chi connectivity index (χ1v) is 10.1. The highest BCUT2D eigenvalue weighted by atomic mass is 16.6. The van der Waals surface area contributed by atoms with Gasteiger partial charge in [-0.15, -0.1) is 0 Å². The Kier molecular flexibility index (Phi) is 11.2. The van der Waals surface area contributed by atoms with Gasteiger partial charge in [-0.3, -0.25) is 0 Å². The molecule has 2 atom stereocenters. The minimum Gasteiger partial charge on any atom is -0.461 e. The molecule has 0 radical (unpaired) electrons. The first kappa shape index (κ1) is 26.9. The summed E-state index contributed by atoms with van der Waals surface area (Å²) in [4.78, 5) is 48.4. The van der Waals surface area contributed by atoms with Crippen molar-refractivity contribution in [3.63, 3.8) is 0 Å². The highest BCUT2D eigenvalue weighted by Gasteiger charge is 2.29. The van der Waals surface area contributed by atoms with Crippen LogP contribution in [-0.2, 0) is 44.5 Å². The molecule has 1 aromatic carbocycles. The van der Waals surface area contributed by atoms with Crippen molar-refractivity contribution in [1.29, 1.82) is 0 Å². The van der Waals surface area contributed by atoms with Crippen LogP contribution in [0.2, 0.25) is 0 Å². The highest BCUT2D eigenvalue weighted by Crippen LogP contribution is 2.10. The number of carbonyl (C=O) groups excluding carboxylic acids is 4. The summed E-state index contributed by atoms with van der Waals surface area (Å²) < 4.78 is 24.7. The maximum atomic E-state index is 12.7. The van der Waals surface area contributed by atoms with E-state index in [0.717, 1.165) is 5.56 Å². The second-order valence-corrected chi connectivity index (χ2v) is 7.79. The summed E-state index contributed by atoms with van der Waals surface area (Å²) in [5.74, 6) is -2.55. The molecule has 1 aromatic rings. The lowest BCUT2D eigenvalue weighted by Crippen LogP contribution is -2.46. The maximum Gasteiger partial charge on any atom is 0.408 e. The van der Waals surface area contributed by atoms with Gasteiger partial charge in [0.05, 0.1) is 6.61 Å². The fourth-order valence-electron chi connectivity index (χ4n) is 2.33. The van der Waals surface area contributed by atoms with Crippen molar-refractivity contribution in [2.45, 2.75) is 51.9 Å². The Morgan fingerprint density at radius 3 is 2.22 bits per heavy atom. The number of esters is 3. The summed E-state index contributed by atoms with van der Waals surface area (Å²) in [6, 6.07) is 7.85. The van der Waals surface area contributed by atoms with Crippen molar-refractivity contribution < 1.29 is 42.9 Å². The number of ether oxygens (including phenoxy) is 5. The largest absolute Gasteiger partial charge is 0.461 e. The van der Waals surface area contributed by atoms with Crippen molar-refractivity contribution in [3.05, 3.63) is 35.9 Å². The normalized spacial score (nSPS) is 12.8. The lowest BCUT2D eigenvalue weighted by Gasteiger charge is -2.23. The first-order valence-electron chi connectivity index (χ1n) is 10.1. The Balaban J connectivity index is 2.69. The molecule has 0 bridgehead atoms. The second kappa shape index (κ2) is 13.3. The Morgan fingerprint density at radius 1 is 0.969 bits per heavy atom. The molecule has 1 amide bonds. The SMILES string of the molecule is COCCOC(=O)COC(=O)C(C)OC(=O)C(Cc1ccccc1)NC(=O)OC(C)(C)C. The molecule has 0 saturated carbocycles. The van der Waals surface area contributed by atoms with Gasteiger partial charge < -0.3 is 29.0 Å². The molecule has 10 heteroatoms. The number of methoxy groups -OCH3 is 1. The summed E-state index contributed by atoms with van der Waals surface area (Å²) in [7, 11) is 1.45. The number of nitrogens with one attached hydrogen (secondary N) is 1. The molecule has 0 fully saturated rings. The molecule has 1 N–H and O–H groups in total. The van der Waals surface area contributed by atoms with Gasteiger partial charge in [-0.2, -0.15) is 0 Å². The van der Waals surface area contributed by atoms with E-state index in [9.17, 15) is 19.2 Å². The van der Waals surface area contributed by atoms with E-state index >= 15 is 0 Å². The number of alkyl carbamates (subject to hydrolysis) is 1. The molecule has 178 valence electrons. The Bertz CT molecular complexity index is 758. The second-order valence-electron chi connectivity index (χ2n) is 7.79. The van der Waals surface area contributed by atoms with Crippen LogP contribution in [0.25, 0.3) is 0 Å². The molecule has 0 heterocycles. The number of hydrogen-bond acceptors (Lipinski definition) is 9. The third-order valence-corrected chi connectivity index (χ3v) is 3.77. The minimum atomic E-state index is -1.31. The minimum absolute atomic E-state index is 0.0227. The van der Waals surface area contributed by atoms with Crippen LogP contribution in [0.1, 0.15) is 33.3 Å².